The van der Waals surface area contributed by atoms with Crippen LogP contribution in [0.5, 0.6) is 0 Å². The fraction of sp³-hybridized carbons (Fsp3) is 0.923. The molecule has 0 saturated carbocycles. The number of nitrogens with one attached hydrogen (secondary N) is 1. The molecule has 1 rings (SSSR count). The minimum absolute atomic E-state index is 0.0341. The van der Waals surface area contributed by atoms with Crippen LogP contribution in [0, 0.1) is 5.92 Å². The highest BCUT2D eigenvalue weighted by atomic mass is 16.2. The summed E-state index contributed by atoms with van der Waals surface area (Å²) in [6.45, 7) is 10.8. The highest BCUT2D eigenvalue weighted by molar-refractivity contribution is 5.84. The standard InChI is InChI=1S/C13H26N2O/c1-6-11(7-2)9(4)15-10(5)14-12(8-3)13(15)16/h9-12,14H,6-8H2,1-5H3. The molecule has 0 radical (unpaired) electrons. The first-order valence-electron chi connectivity index (χ1n) is 6.64. The summed E-state index contributed by atoms with van der Waals surface area (Å²) in [4.78, 5) is 14.2. The van der Waals surface area contributed by atoms with Gasteiger partial charge in [0.2, 0.25) is 5.91 Å². The number of carbonyl (C=O) groups excluding carboxylic acids is 1. The molecular formula is C13H26N2O. The third-order valence-corrected chi connectivity index (χ3v) is 3.99. The number of rotatable bonds is 5. The molecule has 16 heavy (non-hydrogen) atoms. The molecule has 0 aromatic rings. The predicted molar refractivity (Wildman–Crippen MR) is 67.1 cm³/mol. The van der Waals surface area contributed by atoms with Crippen molar-refractivity contribution >= 4 is 5.91 Å². The third-order valence-electron chi connectivity index (χ3n) is 3.99. The maximum Gasteiger partial charge on any atom is 0.241 e. The van der Waals surface area contributed by atoms with Crippen molar-refractivity contribution in [2.24, 2.45) is 5.92 Å². The zero-order valence-corrected chi connectivity index (χ0v) is 11.3. The van der Waals surface area contributed by atoms with E-state index in [1.807, 2.05) is 4.90 Å². The van der Waals surface area contributed by atoms with Crippen LogP contribution in [-0.4, -0.2) is 29.1 Å². The van der Waals surface area contributed by atoms with Gasteiger partial charge in [0.05, 0.1) is 12.2 Å². The van der Waals surface area contributed by atoms with Crippen LogP contribution in [0.15, 0.2) is 0 Å². The number of amides is 1. The molecule has 1 N–H and O–H groups in total. The van der Waals surface area contributed by atoms with Gasteiger partial charge in [0, 0.05) is 6.04 Å². The second-order valence-electron chi connectivity index (χ2n) is 4.87. The number of hydrogen-bond donors (Lipinski definition) is 1. The Kier molecular flexibility index (Phi) is 4.78. The molecule has 3 heteroatoms. The van der Waals surface area contributed by atoms with E-state index in [-0.39, 0.29) is 18.1 Å². The molecule has 3 unspecified atom stereocenters. The molecule has 0 aromatic carbocycles. The van der Waals surface area contributed by atoms with E-state index in [2.05, 4.69) is 39.9 Å². The maximum atomic E-state index is 12.2. The smallest absolute Gasteiger partial charge is 0.241 e. The van der Waals surface area contributed by atoms with Crippen LogP contribution in [0.2, 0.25) is 0 Å². The summed E-state index contributed by atoms with van der Waals surface area (Å²) in [6.07, 6.45) is 3.36. The zero-order valence-electron chi connectivity index (χ0n) is 11.3. The second kappa shape index (κ2) is 5.67. The Morgan fingerprint density at radius 2 is 1.88 bits per heavy atom. The Bertz CT molecular complexity index is 238. The lowest BCUT2D eigenvalue weighted by molar-refractivity contribution is -0.132. The van der Waals surface area contributed by atoms with Crippen LogP contribution in [0.3, 0.4) is 0 Å². The Labute approximate surface area is 99.6 Å². The van der Waals surface area contributed by atoms with Crippen molar-refractivity contribution in [1.29, 1.82) is 0 Å². The summed E-state index contributed by atoms with van der Waals surface area (Å²) >= 11 is 0. The van der Waals surface area contributed by atoms with Gasteiger partial charge >= 0.3 is 0 Å². The van der Waals surface area contributed by atoms with Crippen molar-refractivity contribution in [2.75, 3.05) is 0 Å². The molecule has 1 amide bonds. The second-order valence-corrected chi connectivity index (χ2v) is 4.87. The Morgan fingerprint density at radius 1 is 1.31 bits per heavy atom. The molecule has 0 aromatic heterocycles. The van der Waals surface area contributed by atoms with Gasteiger partial charge in [0.25, 0.3) is 0 Å². The summed E-state index contributed by atoms with van der Waals surface area (Å²) < 4.78 is 0. The fourth-order valence-electron chi connectivity index (χ4n) is 2.86. The van der Waals surface area contributed by atoms with Gasteiger partial charge in [0.15, 0.2) is 0 Å². The van der Waals surface area contributed by atoms with Crippen molar-refractivity contribution in [2.45, 2.75) is 72.1 Å². The summed E-state index contributed by atoms with van der Waals surface area (Å²) in [5.74, 6) is 0.901. The van der Waals surface area contributed by atoms with Gasteiger partial charge in [-0.3, -0.25) is 10.1 Å². The van der Waals surface area contributed by atoms with E-state index in [1.54, 1.807) is 0 Å². The lowest BCUT2D eigenvalue weighted by Crippen LogP contribution is -2.45. The fourth-order valence-corrected chi connectivity index (χ4v) is 2.86. The van der Waals surface area contributed by atoms with Crippen LogP contribution in [-0.2, 0) is 4.79 Å². The van der Waals surface area contributed by atoms with Crippen LogP contribution < -0.4 is 5.32 Å². The van der Waals surface area contributed by atoms with Crippen LogP contribution in [0.4, 0.5) is 0 Å². The molecular weight excluding hydrogens is 200 g/mol. The average molecular weight is 226 g/mol. The minimum Gasteiger partial charge on any atom is -0.323 e. The van der Waals surface area contributed by atoms with Gasteiger partial charge in [-0.15, -0.1) is 0 Å². The quantitative estimate of drug-likeness (QED) is 0.780. The molecule has 1 fully saturated rings. The van der Waals surface area contributed by atoms with Gasteiger partial charge in [-0.05, 0) is 26.2 Å². The molecule has 0 bridgehead atoms. The Morgan fingerprint density at radius 3 is 2.25 bits per heavy atom. The Hall–Kier alpha value is -0.570. The predicted octanol–water partition coefficient (Wildman–Crippen LogP) is 2.37. The largest absolute Gasteiger partial charge is 0.323 e. The highest BCUT2D eigenvalue weighted by Gasteiger charge is 2.39. The van der Waals surface area contributed by atoms with Crippen molar-refractivity contribution in [3.63, 3.8) is 0 Å². The third kappa shape index (κ3) is 2.40. The first-order valence-corrected chi connectivity index (χ1v) is 6.64. The highest BCUT2D eigenvalue weighted by Crippen LogP contribution is 2.24. The van der Waals surface area contributed by atoms with Gasteiger partial charge in [-0.1, -0.05) is 33.6 Å². The first-order chi connectivity index (χ1) is 7.56. The summed E-state index contributed by atoms with van der Waals surface area (Å²) in [7, 11) is 0. The van der Waals surface area contributed by atoms with Crippen molar-refractivity contribution in [1.82, 2.24) is 10.2 Å². The van der Waals surface area contributed by atoms with Crippen LogP contribution in [0.1, 0.15) is 53.9 Å². The summed E-state index contributed by atoms with van der Waals surface area (Å²) in [5.41, 5.74) is 0. The van der Waals surface area contributed by atoms with E-state index in [4.69, 9.17) is 0 Å². The number of nitrogens with zero attached hydrogens (tertiary/aromatic N) is 1. The zero-order chi connectivity index (χ0) is 12.3. The van der Waals surface area contributed by atoms with Gasteiger partial charge < -0.3 is 4.90 Å². The van der Waals surface area contributed by atoms with E-state index in [0.717, 1.165) is 19.3 Å². The van der Waals surface area contributed by atoms with Gasteiger partial charge in [-0.25, -0.2) is 0 Å². The van der Waals surface area contributed by atoms with Crippen LogP contribution >= 0.6 is 0 Å². The van der Waals surface area contributed by atoms with E-state index in [9.17, 15) is 4.79 Å². The molecule has 1 aliphatic rings. The minimum atomic E-state index is 0.0341. The lowest BCUT2D eigenvalue weighted by Gasteiger charge is -2.33. The van der Waals surface area contributed by atoms with Gasteiger partial charge in [0.1, 0.15) is 0 Å². The van der Waals surface area contributed by atoms with E-state index < -0.39 is 0 Å². The summed E-state index contributed by atoms with van der Waals surface area (Å²) in [6, 6.07) is 0.383. The molecule has 1 saturated heterocycles. The molecule has 3 atom stereocenters. The SMILES string of the molecule is CCC1NC(C)N(C(C)C(CC)CC)C1=O. The normalized spacial score (nSPS) is 27.9. The van der Waals surface area contributed by atoms with Crippen LogP contribution in [0.25, 0.3) is 0 Å². The molecule has 1 aliphatic heterocycles. The topological polar surface area (TPSA) is 32.3 Å². The first kappa shape index (κ1) is 13.5. The molecule has 1 heterocycles. The van der Waals surface area contributed by atoms with Crippen molar-refractivity contribution < 1.29 is 4.79 Å². The maximum absolute atomic E-state index is 12.2. The molecule has 3 nitrogen and oxygen atoms in total. The van der Waals surface area contributed by atoms with Crippen molar-refractivity contribution in [3.8, 4) is 0 Å². The number of carbonyl (C=O) groups is 1. The van der Waals surface area contributed by atoms with E-state index in [1.165, 1.54) is 0 Å². The monoisotopic (exact) mass is 226 g/mol. The number of hydrogen-bond acceptors (Lipinski definition) is 2. The average Bonchev–Trinajstić information content (AvgIpc) is 2.55. The van der Waals surface area contributed by atoms with Crippen molar-refractivity contribution in [3.05, 3.63) is 0 Å². The van der Waals surface area contributed by atoms with Gasteiger partial charge in [-0.2, -0.15) is 0 Å². The molecule has 0 aliphatic carbocycles. The summed E-state index contributed by atoms with van der Waals surface area (Å²) in [5, 5.41) is 3.36. The lowest BCUT2D eigenvalue weighted by atomic mass is 9.94. The van der Waals surface area contributed by atoms with E-state index >= 15 is 0 Å². The molecule has 0 spiro atoms. The van der Waals surface area contributed by atoms with E-state index in [0.29, 0.717) is 12.0 Å². The Balaban J connectivity index is 2.75. The molecule has 94 valence electrons.